The first kappa shape index (κ1) is 18.6. The van der Waals surface area contributed by atoms with E-state index >= 15 is 0 Å². The maximum atomic E-state index is 12.5. The molecule has 2 aliphatic rings. The molecule has 0 heterocycles. The lowest BCUT2D eigenvalue weighted by Crippen LogP contribution is -2.33. The zero-order chi connectivity index (χ0) is 18.0. The van der Waals surface area contributed by atoms with Crippen LogP contribution in [0.2, 0.25) is 0 Å². The van der Waals surface area contributed by atoms with Gasteiger partial charge in [0.2, 0.25) is 0 Å². The molecule has 25 heavy (non-hydrogen) atoms. The van der Waals surface area contributed by atoms with E-state index in [0.29, 0.717) is 0 Å². The first-order valence-corrected chi connectivity index (χ1v) is 10.3. The lowest BCUT2D eigenvalue weighted by molar-refractivity contribution is 0.256. The summed E-state index contributed by atoms with van der Waals surface area (Å²) in [4.78, 5) is 14.7. The molecule has 2 amide bonds. The second kappa shape index (κ2) is 7.58. The fraction of sp³-hybridized carbons (Fsp3) is 0.650. The van der Waals surface area contributed by atoms with Gasteiger partial charge < -0.3 is 10.2 Å². The minimum Gasteiger partial charge on any atom is -0.309 e. The number of amides is 2. The highest BCUT2D eigenvalue weighted by Gasteiger charge is 2.25. The number of benzene rings is 1. The van der Waals surface area contributed by atoms with Crippen LogP contribution in [0.5, 0.6) is 0 Å². The van der Waals surface area contributed by atoms with E-state index in [9.17, 15) is 4.79 Å². The Kier molecular flexibility index (Phi) is 5.64. The average molecular weight is 362 g/mol. The molecule has 0 saturated carbocycles. The van der Waals surface area contributed by atoms with Crippen molar-refractivity contribution in [3.8, 4) is 0 Å². The van der Waals surface area contributed by atoms with Crippen LogP contribution in [0.1, 0.15) is 48.9 Å². The Balaban J connectivity index is 1.61. The molecule has 2 N–H and O–H groups in total. The summed E-state index contributed by atoms with van der Waals surface area (Å²) in [5.41, 5.74) is 6.96. The van der Waals surface area contributed by atoms with Gasteiger partial charge in [0.1, 0.15) is 0 Å². The van der Waals surface area contributed by atoms with Crippen LogP contribution >= 0.6 is 11.9 Å². The van der Waals surface area contributed by atoms with Crippen LogP contribution in [0.15, 0.2) is 6.07 Å². The third-order valence-corrected chi connectivity index (χ3v) is 6.34. The predicted molar refractivity (Wildman–Crippen MR) is 107 cm³/mol. The van der Waals surface area contributed by atoms with E-state index in [1.807, 2.05) is 0 Å². The molecule has 0 atom stereocenters. The smallest absolute Gasteiger partial charge is 0.309 e. The number of aryl methyl sites for hydroxylation is 2. The van der Waals surface area contributed by atoms with Gasteiger partial charge in [-0.15, -0.1) is 0 Å². The first-order valence-electron chi connectivity index (χ1n) is 9.36. The van der Waals surface area contributed by atoms with Gasteiger partial charge in [0, 0.05) is 18.0 Å². The van der Waals surface area contributed by atoms with Crippen molar-refractivity contribution in [3.63, 3.8) is 0 Å². The summed E-state index contributed by atoms with van der Waals surface area (Å²) in [6.07, 6.45) is 6.94. The third-order valence-electron chi connectivity index (χ3n) is 5.08. The number of nitrogens with zero attached hydrogens (tertiary/aromatic N) is 1. The van der Waals surface area contributed by atoms with Crippen LogP contribution in [-0.4, -0.2) is 37.3 Å². The van der Waals surface area contributed by atoms with Crippen molar-refractivity contribution in [2.24, 2.45) is 5.41 Å². The quantitative estimate of drug-likeness (QED) is 0.752. The zero-order valence-corrected chi connectivity index (χ0v) is 16.8. The van der Waals surface area contributed by atoms with Crippen LogP contribution in [0.4, 0.5) is 10.5 Å². The van der Waals surface area contributed by atoms with Crippen molar-refractivity contribution in [3.05, 3.63) is 28.3 Å². The maximum Gasteiger partial charge on any atom is 0.329 e. The molecule has 4 nitrogen and oxygen atoms in total. The minimum absolute atomic E-state index is 0.0833. The number of hydrogen-bond donors (Lipinski definition) is 2. The highest BCUT2D eigenvalue weighted by Crippen LogP contribution is 2.38. The summed E-state index contributed by atoms with van der Waals surface area (Å²) >= 11 is 1.51. The van der Waals surface area contributed by atoms with E-state index < -0.39 is 0 Å². The van der Waals surface area contributed by atoms with Gasteiger partial charge >= 0.3 is 6.03 Å². The normalized spacial score (nSPS) is 16.0. The summed E-state index contributed by atoms with van der Waals surface area (Å²) in [7, 11) is 4.17. The summed E-state index contributed by atoms with van der Waals surface area (Å²) in [5, 5.41) is 3.19. The Hall–Kier alpha value is -1.20. The molecular weight excluding hydrogens is 330 g/mol. The van der Waals surface area contributed by atoms with Crippen molar-refractivity contribution in [1.82, 2.24) is 9.62 Å². The standard InChI is InChI=1S/C20H31N3OS/c1-20(2,12-23(3)4)13-25-22-19(24)21-18-16-9-5-7-14(16)11-15-8-6-10-17(15)18/h11H,5-10,12-13H2,1-4H3,(H2,21,22,24). The minimum atomic E-state index is -0.0833. The molecule has 5 heteroatoms. The van der Waals surface area contributed by atoms with Crippen LogP contribution in [0.3, 0.4) is 0 Å². The van der Waals surface area contributed by atoms with Crippen molar-refractivity contribution in [2.75, 3.05) is 31.7 Å². The third kappa shape index (κ3) is 4.50. The molecule has 0 saturated heterocycles. The van der Waals surface area contributed by atoms with Gasteiger partial charge in [0.05, 0.1) is 0 Å². The maximum absolute atomic E-state index is 12.5. The van der Waals surface area contributed by atoms with E-state index in [2.05, 4.69) is 48.9 Å². The average Bonchev–Trinajstić information content (AvgIpc) is 3.13. The fourth-order valence-electron chi connectivity index (χ4n) is 4.30. The van der Waals surface area contributed by atoms with E-state index in [0.717, 1.165) is 43.7 Å². The number of carbonyl (C=O) groups is 1. The van der Waals surface area contributed by atoms with Crippen molar-refractivity contribution in [1.29, 1.82) is 0 Å². The van der Waals surface area contributed by atoms with Gasteiger partial charge in [-0.2, -0.15) is 0 Å². The van der Waals surface area contributed by atoms with E-state index in [1.54, 1.807) is 0 Å². The molecule has 0 aromatic heterocycles. The van der Waals surface area contributed by atoms with E-state index in [1.165, 1.54) is 47.0 Å². The molecule has 0 fully saturated rings. The van der Waals surface area contributed by atoms with Crippen LogP contribution in [0.25, 0.3) is 0 Å². The van der Waals surface area contributed by atoms with Gasteiger partial charge in [-0.1, -0.05) is 19.9 Å². The second-order valence-corrected chi connectivity index (χ2v) is 9.26. The van der Waals surface area contributed by atoms with E-state index in [4.69, 9.17) is 0 Å². The number of urea groups is 1. The summed E-state index contributed by atoms with van der Waals surface area (Å²) < 4.78 is 2.99. The Morgan fingerprint density at radius 3 is 2.28 bits per heavy atom. The fourth-order valence-corrected chi connectivity index (χ4v) is 5.04. The van der Waals surface area contributed by atoms with Gasteiger partial charge in [-0.3, -0.25) is 4.72 Å². The number of carbonyl (C=O) groups excluding carboxylic acids is 1. The molecule has 0 radical (unpaired) electrons. The van der Waals surface area contributed by atoms with Crippen LogP contribution in [-0.2, 0) is 25.7 Å². The first-order chi connectivity index (χ1) is 11.9. The van der Waals surface area contributed by atoms with Crippen molar-refractivity contribution < 1.29 is 4.79 Å². The lowest BCUT2D eigenvalue weighted by Gasteiger charge is -2.27. The molecule has 3 rings (SSSR count). The molecule has 0 unspecified atom stereocenters. The molecule has 138 valence electrons. The van der Waals surface area contributed by atoms with Crippen LogP contribution < -0.4 is 10.0 Å². The number of nitrogens with one attached hydrogen (secondary N) is 2. The topological polar surface area (TPSA) is 44.4 Å². The highest BCUT2D eigenvalue weighted by atomic mass is 32.2. The number of anilines is 1. The number of rotatable bonds is 6. The van der Waals surface area contributed by atoms with Gasteiger partial charge in [0.15, 0.2) is 0 Å². The predicted octanol–water partition coefficient (Wildman–Crippen LogP) is 4.02. The molecular formula is C20H31N3OS. The number of fused-ring (bicyclic) bond motifs is 2. The Morgan fingerprint density at radius 2 is 1.72 bits per heavy atom. The molecule has 0 bridgehead atoms. The monoisotopic (exact) mass is 361 g/mol. The zero-order valence-electron chi connectivity index (χ0n) is 16.0. The Labute approximate surface area is 156 Å². The Morgan fingerprint density at radius 1 is 1.12 bits per heavy atom. The molecule has 1 aromatic rings. The summed E-state index contributed by atoms with van der Waals surface area (Å²) in [6.45, 7) is 5.47. The summed E-state index contributed by atoms with van der Waals surface area (Å²) in [6, 6.07) is 2.31. The highest BCUT2D eigenvalue weighted by molar-refractivity contribution is 7.97. The molecule has 0 aliphatic heterocycles. The van der Waals surface area contributed by atoms with Crippen molar-refractivity contribution in [2.45, 2.75) is 52.4 Å². The molecule has 0 spiro atoms. The lowest BCUT2D eigenvalue weighted by atomic mass is 9.96. The van der Waals surface area contributed by atoms with Gasteiger partial charge in [-0.25, -0.2) is 4.79 Å². The molecule has 1 aromatic carbocycles. The van der Waals surface area contributed by atoms with Gasteiger partial charge in [-0.05, 0) is 92.2 Å². The molecule has 2 aliphatic carbocycles. The van der Waals surface area contributed by atoms with Crippen molar-refractivity contribution >= 4 is 23.7 Å². The van der Waals surface area contributed by atoms with Gasteiger partial charge in [0.25, 0.3) is 0 Å². The van der Waals surface area contributed by atoms with E-state index in [-0.39, 0.29) is 11.4 Å². The summed E-state index contributed by atoms with van der Waals surface area (Å²) in [5.74, 6) is 0.892. The largest absolute Gasteiger partial charge is 0.329 e. The Bertz CT molecular complexity index is 623. The SMILES string of the molecule is CN(C)CC(C)(C)CSNC(=O)Nc1c2c(cc3c1CCC3)CCC2. The van der Waals surface area contributed by atoms with Crippen LogP contribution in [0, 0.1) is 5.41 Å². The number of hydrogen-bond acceptors (Lipinski definition) is 3. The second-order valence-electron chi connectivity index (χ2n) is 8.48.